The van der Waals surface area contributed by atoms with E-state index in [2.05, 4.69) is 36.1 Å². The largest absolute Gasteiger partial charge is 0.441 e. The first kappa shape index (κ1) is 14.3. The summed E-state index contributed by atoms with van der Waals surface area (Å²) in [7, 11) is 0. The standard InChI is InChI=1S/C14H16N4OS/c1-14(2,3)11-9-17-12(19-11)5-4-10-8-18-13(20-10)16-7-6-15/h4-5,8-9H,7H2,1-3H3,(H,16,18). The number of aromatic nitrogens is 2. The number of rotatable bonds is 4. The van der Waals surface area contributed by atoms with Gasteiger partial charge in [-0.2, -0.15) is 5.26 Å². The first-order valence-corrected chi connectivity index (χ1v) is 7.02. The normalized spacial score (nSPS) is 11.7. The summed E-state index contributed by atoms with van der Waals surface area (Å²) in [4.78, 5) is 9.36. The van der Waals surface area contributed by atoms with Crippen molar-refractivity contribution in [3.8, 4) is 6.07 Å². The van der Waals surface area contributed by atoms with Crippen LogP contribution in [-0.4, -0.2) is 16.5 Å². The molecule has 6 heteroatoms. The van der Waals surface area contributed by atoms with Crippen LogP contribution in [0.3, 0.4) is 0 Å². The van der Waals surface area contributed by atoms with Crippen LogP contribution in [0.1, 0.15) is 37.3 Å². The zero-order chi connectivity index (χ0) is 14.6. The van der Waals surface area contributed by atoms with Crippen LogP contribution in [0, 0.1) is 11.3 Å². The molecule has 0 aliphatic rings. The zero-order valence-electron chi connectivity index (χ0n) is 11.7. The molecule has 5 nitrogen and oxygen atoms in total. The van der Waals surface area contributed by atoms with Gasteiger partial charge in [0, 0.05) is 22.6 Å². The Morgan fingerprint density at radius 2 is 2.15 bits per heavy atom. The molecule has 2 aromatic heterocycles. The number of nitriles is 1. The van der Waals surface area contributed by atoms with Gasteiger partial charge >= 0.3 is 0 Å². The van der Waals surface area contributed by atoms with Gasteiger partial charge in [-0.3, -0.25) is 0 Å². The fourth-order valence-corrected chi connectivity index (χ4v) is 2.14. The maximum atomic E-state index is 8.48. The summed E-state index contributed by atoms with van der Waals surface area (Å²) < 4.78 is 5.67. The molecular formula is C14H16N4OS. The zero-order valence-corrected chi connectivity index (χ0v) is 12.5. The van der Waals surface area contributed by atoms with Gasteiger partial charge in [0.1, 0.15) is 12.3 Å². The third kappa shape index (κ3) is 3.68. The van der Waals surface area contributed by atoms with Crippen molar-refractivity contribution in [1.29, 1.82) is 5.26 Å². The average Bonchev–Trinajstić information content (AvgIpc) is 3.02. The summed E-state index contributed by atoms with van der Waals surface area (Å²) in [5.41, 5.74) is -0.0437. The molecule has 0 radical (unpaired) electrons. The SMILES string of the molecule is CC(C)(C)c1cnc(C=Cc2cnc(NCC#N)s2)o1. The molecule has 0 aromatic carbocycles. The topological polar surface area (TPSA) is 74.7 Å². The lowest BCUT2D eigenvalue weighted by Crippen LogP contribution is -2.09. The highest BCUT2D eigenvalue weighted by Gasteiger charge is 2.18. The van der Waals surface area contributed by atoms with Crippen LogP contribution in [0.25, 0.3) is 12.2 Å². The molecule has 0 amide bonds. The van der Waals surface area contributed by atoms with Gasteiger partial charge in [0.2, 0.25) is 5.89 Å². The Labute approximate surface area is 122 Å². The molecule has 0 saturated heterocycles. The lowest BCUT2D eigenvalue weighted by Gasteiger charge is -2.12. The van der Waals surface area contributed by atoms with E-state index >= 15 is 0 Å². The van der Waals surface area contributed by atoms with Crippen LogP contribution >= 0.6 is 11.3 Å². The van der Waals surface area contributed by atoms with E-state index in [9.17, 15) is 0 Å². The lowest BCUT2D eigenvalue weighted by atomic mass is 9.94. The molecule has 0 atom stereocenters. The highest BCUT2D eigenvalue weighted by Crippen LogP contribution is 2.24. The maximum absolute atomic E-state index is 8.48. The van der Waals surface area contributed by atoms with Gasteiger partial charge in [0.25, 0.3) is 0 Å². The van der Waals surface area contributed by atoms with E-state index in [4.69, 9.17) is 9.68 Å². The minimum atomic E-state index is -0.0437. The van der Waals surface area contributed by atoms with Gasteiger partial charge in [-0.15, -0.1) is 0 Å². The summed E-state index contributed by atoms with van der Waals surface area (Å²) in [6.07, 6.45) is 7.21. The fraction of sp³-hybridized carbons (Fsp3) is 0.357. The second-order valence-corrected chi connectivity index (χ2v) is 6.29. The number of oxazole rings is 1. The van der Waals surface area contributed by atoms with Crippen molar-refractivity contribution >= 4 is 28.6 Å². The predicted octanol–water partition coefficient (Wildman–Crippen LogP) is 3.53. The van der Waals surface area contributed by atoms with Gasteiger partial charge in [0.15, 0.2) is 5.13 Å². The van der Waals surface area contributed by atoms with E-state index < -0.39 is 0 Å². The molecule has 0 unspecified atom stereocenters. The highest BCUT2D eigenvalue weighted by molar-refractivity contribution is 7.16. The van der Waals surface area contributed by atoms with E-state index in [1.807, 2.05) is 18.2 Å². The predicted molar refractivity (Wildman–Crippen MR) is 80.3 cm³/mol. The van der Waals surface area contributed by atoms with Gasteiger partial charge < -0.3 is 9.73 Å². The Hall–Kier alpha value is -2.13. The van der Waals surface area contributed by atoms with Crippen molar-refractivity contribution in [2.45, 2.75) is 26.2 Å². The molecule has 104 valence electrons. The number of hydrogen-bond acceptors (Lipinski definition) is 6. The van der Waals surface area contributed by atoms with E-state index in [1.54, 1.807) is 12.4 Å². The summed E-state index contributed by atoms with van der Waals surface area (Å²) in [5, 5.41) is 12.1. The smallest absolute Gasteiger partial charge is 0.218 e. The van der Waals surface area contributed by atoms with E-state index in [1.165, 1.54) is 11.3 Å². The van der Waals surface area contributed by atoms with Crippen LogP contribution < -0.4 is 5.32 Å². The van der Waals surface area contributed by atoms with E-state index in [0.29, 0.717) is 5.89 Å². The van der Waals surface area contributed by atoms with Crippen molar-refractivity contribution < 1.29 is 4.42 Å². The second-order valence-electron chi connectivity index (χ2n) is 5.23. The van der Waals surface area contributed by atoms with Crippen molar-refractivity contribution in [2.75, 3.05) is 11.9 Å². The summed E-state index contributed by atoms with van der Waals surface area (Å²) in [6.45, 7) is 6.50. The quantitative estimate of drug-likeness (QED) is 0.871. The van der Waals surface area contributed by atoms with Gasteiger partial charge in [-0.1, -0.05) is 32.1 Å². The van der Waals surface area contributed by atoms with Crippen LogP contribution in [0.2, 0.25) is 0 Å². The Morgan fingerprint density at radius 1 is 1.35 bits per heavy atom. The second kappa shape index (κ2) is 5.88. The maximum Gasteiger partial charge on any atom is 0.218 e. The minimum absolute atomic E-state index is 0.0437. The Morgan fingerprint density at radius 3 is 2.80 bits per heavy atom. The summed E-state index contributed by atoms with van der Waals surface area (Å²) in [6, 6.07) is 2.01. The molecule has 0 fully saturated rings. The number of hydrogen-bond donors (Lipinski definition) is 1. The fourth-order valence-electron chi connectivity index (χ4n) is 1.43. The molecule has 20 heavy (non-hydrogen) atoms. The molecule has 0 aliphatic carbocycles. The van der Waals surface area contributed by atoms with Crippen molar-refractivity contribution in [2.24, 2.45) is 0 Å². The van der Waals surface area contributed by atoms with Crippen molar-refractivity contribution in [1.82, 2.24) is 9.97 Å². The monoisotopic (exact) mass is 288 g/mol. The van der Waals surface area contributed by atoms with E-state index in [-0.39, 0.29) is 12.0 Å². The molecule has 0 aliphatic heterocycles. The Kier molecular flexibility index (Phi) is 4.20. The number of nitrogens with one attached hydrogen (secondary N) is 1. The molecule has 1 N–H and O–H groups in total. The van der Waals surface area contributed by atoms with E-state index in [0.717, 1.165) is 15.8 Å². The molecule has 2 rings (SSSR count). The third-order valence-electron chi connectivity index (χ3n) is 2.50. The molecule has 0 saturated carbocycles. The third-order valence-corrected chi connectivity index (χ3v) is 3.42. The van der Waals surface area contributed by atoms with Crippen LogP contribution in [0.4, 0.5) is 5.13 Å². The summed E-state index contributed by atoms with van der Waals surface area (Å²) >= 11 is 1.47. The molecule has 2 heterocycles. The van der Waals surface area contributed by atoms with Crippen molar-refractivity contribution in [3.63, 3.8) is 0 Å². The minimum Gasteiger partial charge on any atom is -0.441 e. The van der Waals surface area contributed by atoms with Gasteiger partial charge in [-0.25, -0.2) is 9.97 Å². The van der Waals surface area contributed by atoms with Gasteiger partial charge in [-0.05, 0) is 6.08 Å². The molecule has 0 bridgehead atoms. The number of thiazole rings is 1. The average molecular weight is 288 g/mol. The highest BCUT2D eigenvalue weighted by atomic mass is 32.1. The Bertz CT molecular complexity index is 643. The first-order valence-electron chi connectivity index (χ1n) is 6.20. The van der Waals surface area contributed by atoms with Crippen LogP contribution in [0.5, 0.6) is 0 Å². The Balaban J connectivity index is 2.04. The van der Waals surface area contributed by atoms with Crippen molar-refractivity contribution in [3.05, 3.63) is 28.9 Å². The summed E-state index contributed by atoms with van der Waals surface area (Å²) in [5.74, 6) is 1.44. The van der Waals surface area contributed by atoms with Crippen LogP contribution in [0.15, 0.2) is 16.8 Å². The first-order chi connectivity index (χ1) is 9.49. The molecular weight excluding hydrogens is 272 g/mol. The molecule has 0 spiro atoms. The number of nitrogens with zero attached hydrogens (tertiary/aromatic N) is 3. The van der Waals surface area contributed by atoms with Gasteiger partial charge in [0.05, 0.1) is 12.3 Å². The lowest BCUT2D eigenvalue weighted by molar-refractivity contribution is 0.403. The molecule has 2 aromatic rings. The van der Waals surface area contributed by atoms with Crippen LogP contribution in [-0.2, 0) is 5.41 Å². The number of anilines is 1.